The van der Waals surface area contributed by atoms with Crippen LogP contribution < -0.4 is 0 Å². The molecule has 0 radical (unpaired) electrons. The van der Waals surface area contributed by atoms with Crippen LogP contribution >= 0.6 is 0 Å². The lowest BCUT2D eigenvalue weighted by atomic mass is 9.61. The summed E-state index contributed by atoms with van der Waals surface area (Å²) < 4.78 is 0. The SMILES string of the molecule is C1=C2C(=CC3c4ccccc4C4(CCCCC4)C13)C1(CCCCC1)c1ccc(-c3cccc(-c4ccc(-c5nc(-c6ccccc6)nc(-c6ccc(-c7ccccc7)cc6)n5)cc4)c3)cc12. The van der Waals surface area contributed by atoms with Crippen LogP contribution in [0.1, 0.15) is 92.4 Å². The van der Waals surface area contributed by atoms with Gasteiger partial charge in [-0.3, -0.25) is 0 Å². The van der Waals surface area contributed by atoms with Crippen molar-refractivity contribution in [3.8, 4) is 67.5 Å². The summed E-state index contributed by atoms with van der Waals surface area (Å²) in [4.78, 5) is 15.1. The lowest BCUT2D eigenvalue weighted by Crippen LogP contribution is -2.35. The van der Waals surface area contributed by atoms with Crippen molar-refractivity contribution in [2.45, 2.75) is 81.0 Å². The molecule has 5 aliphatic carbocycles. The van der Waals surface area contributed by atoms with Gasteiger partial charge in [0.1, 0.15) is 0 Å². The number of benzene rings is 7. The Bertz CT molecular complexity index is 3180. The summed E-state index contributed by atoms with van der Waals surface area (Å²) in [6.07, 6.45) is 18.8. The van der Waals surface area contributed by atoms with Gasteiger partial charge in [0.05, 0.1) is 0 Å². The first kappa shape index (κ1) is 39.4. The molecule has 0 bridgehead atoms. The van der Waals surface area contributed by atoms with E-state index in [0.29, 0.717) is 29.3 Å². The highest BCUT2D eigenvalue weighted by Crippen LogP contribution is 2.66. The predicted molar refractivity (Wildman–Crippen MR) is 271 cm³/mol. The van der Waals surface area contributed by atoms with Crippen molar-refractivity contribution in [2.75, 3.05) is 0 Å². The molecule has 2 atom stereocenters. The van der Waals surface area contributed by atoms with Crippen LogP contribution in [0.5, 0.6) is 0 Å². The van der Waals surface area contributed by atoms with E-state index in [1.165, 1.54) is 97.6 Å². The van der Waals surface area contributed by atoms with Gasteiger partial charge >= 0.3 is 0 Å². The fraction of sp³-hybridized carbons (Fsp3) is 0.222. The number of nitrogens with zero attached hydrogens (tertiary/aromatic N) is 3. The van der Waals surface area contributed by atoms with Crippen molar-refractivity contribution in [3.05, 3.63) is 216 Å². The van der Waals surface area contributed by atoms with Gasteiger partial charge < -0.3 is 0 Å². The summed E-state index contributed by atoms with van der Waals surface area (Å²) in [5.41, 5.74) is 20.1. The zero-order valence-electron chi connectivity index (χ0n) is 37.5. The Hall–Kier alpha value is -6.97. The molecule has 7 aromatic carbocycles. The van der Waals surface area contributed by atoms with Gasteiger partial charge in [-0.2, -0.15) is 0 Å². The lowest BCUT2D eigenvalue weighted by molar-refractivity contribution is 0.232. The molecule has 320 valence electrons. The molecule has 2 fully saturated rings. The second-order valence-corrected chi connectivity index (χ2v) is 19.7. The molecule has 2 spiro atoms. The van der Waals surface area contributed by atoms with Crippen molar-refractivity contribution >= 4 is 5.57 Å². The molecule has 0 aliphatic heterocycles. The van der Waals surface area contributed by atoms with E-state index in [1.54, 1.807) is 27.8 Å². The normalized spacial score (nSPS) is 19.6. The zero-order chi connectivity index (χ0) is 43.7. The van der Waals surface area contributed by atoms with Gasteiger partial charge in [-0.25, -0.2) is 15.0 Å². The van der Waals surface area contributed by atoms with Crippen LogP contribution in [0.2, 0.25) is 0 Å². The van der Waals surface area contributed by atoms with Crippen molar-refractivity contribution in [1.29, 1.82) is 0 Å². The maximum Gasteiger partial charge on any atom is 0.164 e. The third-order valence-electron chi connectivity index (χ3n) is 16.2. The Morgan fingerprint density at radius 1 is 0.364 bits per heavy atom. The Morgan fingerprint density at radius 3 is 1.48 bits per heavy atom. The van der Waals surface area contributed by atoms with Crippen molar-refractivity contribution in [1.82, 2.24) is 15.0 Å². The quantitative estimate of drug-likeness (QED) is 0.167. The standard InChI is InChI=1S/C63H53N3/c1-5-16-42(17-6-1)43-24-28-46(29-25-43)60-64-59(45-18-7-2-8-19-45)65-61(66-60)47-30-26-44(27-31-47)48-20-15-21-49(38-48)50-32-33-56-52(39-50)54-41-57-53(40-58(54)63(56)36-13-4-14-37-63)51-22-9-10-23-55(51)62(57)34-11-3-12-35-62/h1-2,5-10,15-33,38-41,53,57H,3-4,11-14,34-37H2. The monoisotopic (exact) mass is 851 g/mol. The third-order valence-corrected chi connectivity index (χ3v) is 16.2. The summed E-state index contributed by atoms with van der Waals surface area (Å²) in [6, 6.07) is 64.1. The van der Waals surface area contributed by atoms with E-state index in [9.17, 15) is 0 Å². The van der Waals surface area contributed by atoms with Gasteiger partial charge in [0.15, 0.2) is 17.5 Å². The third kappa shape index (κ3) is 6.42. The Morgan fingerprint density at radius 2 is 0.833 bits per heavy atom. The summed E-state index contributed by atoms with van der Waals surface area (Å²) in [5.74, 6) is 3.01. The number of hydrogen-bond donors (Lipinski definition) is 0. The van der Waals surface area contributed by atoms with Crippen LogP contribution in [0.4, 0.5) is 0 Å². The molecule has 1 heterocycles. The molecule has 0 saturated heterocycles. The van der Waals surface area contributed by atoms with E-state index in [1.807, 2.05) is 24.3 Å². The lowest BCUT2D eigenvalue weighted by Gasteiger charge is -2.43. The predicted octanol–water partition coefficient (Wildman–Crippen LogP) is 16.0. The Kier molecular flexibility index (Phi) is 9.48. The smallest absolute Gasteiger partial charge is 0.164 e. The van der Waals surface area contributed by atoms with E-state index < -0.39 is 0 Å². The Labute approximate surface area is 389 Å². The minimum atomic E-state index is 0.137. The van der Waals surface area contributed by atoms with Gasteiger partial charge in [-0.15, -0.1) is 0 Å². The van der Waals surface area contributed by atoms with E-state index in [0.717, 1.165) is 22.3 Å². The molecule has 0 amide bonds. The van der Waals surface area contributed by atoms with Crippen LogP contribution in [-0.4, -0.2) is 15.0 Å². The van der Waals surface area contributed by atoms with Gasteiger partial charge in [0.25, 0.3) is 0 Å². The second kappa shape index (κ2) is 15.9. The number of allylic oxidation sites excluding steroid dienone is 4. The number of fused-ring (bicyclic) bond motifs is 10. The van der Waals surface area contributed by atoms with Crippen molar-refractivity contribution in [3.63, 3.8) is 0 Å². The molecule has 2 saturated carbocycles. The molecular weight excluding hydrogens is 799 g/mol. The van der Waals surface area contributed by atoms with Gasteiger partial charge in [0, 0.05) is 33.4 Å². The number of hydrogen-bond acceptors (Lipinski definition) is 3. The van der Waals surface area contributed by atoms with E-state index in [-0.39, 0.29) is 10.8 Å². The van der Waals surface area contributed by atoms with Gasteiger partial charge in [0.2, 0.25) is 0 Å². The molecule has 3 heteroatoms. The van der Waals surface area contributed by atoms with E-state index >= 15 is 0 Å². The summed E-state index contributed by atoms with van der Waals surface area (Å²) in [5, 5.41) is 0. The molecular formula is C63H53N3. The number of rotatable bonds is 6. The largest absolute Gasteiger partial charge is 0.208 e. The first-order valence-corrected chi connectivity index (χ1v) is 24.5. The second-order valence-electron chi connectivity index (χ2n) is 19.7. The first-order chi connectivity index (χ1) is 32.6. The fourth-order valence-electron chi connectivity index (χ4n) is 13.1. The molecule has 13 rings (SSSR count). The van der Waals surface area contributed by atoms with Gasteiger partial charge in [-0.05, 0) is 111 Å². The highest BCUT2D eigenvalue weighted by molar-refractivity contribution is 5.94. The molecule has 5 aliphatic rings. The summed E-state index contributed by atoms with van der Waals surface area (Å²) in [7, 11) is 0. The average Bonchev–Trinajstić information content (AvgIpc) is 3.80. The Balaban J connectivity index is 0.838. The van der Waals surface area contributed by atoms with Crippen molar-refractivity contribution < 1.29 is 0 Å². The molecule has 0 N–H and O–H groups in total. The maximum absolute atomic E-state index is 5.07. The highest BCUT2D eigenvalue weighted by atomic mass is 15.0. The van der Waals surface area contributed by atoms with Crippen LogP contribution in [0.15, 0.2) is 194 Å². The summed E-state index contributed by atoms with van der Waals surface area (Å²) in [6.45, 7) is 0. The van der Waals surface area contributed by atoms with E-state index in [2.05, 4.69) is 164 Å². The number of aromatic nitrogens is 3. The maximum atomic E-state index is 5.07. The molecule has 66 heavy (non-hydrogen) atoms. The van der Waals surface area contributed by atoms with E-state index in [4.69, 9.17) is 15.0 Å². The zero-order valence-corrected chi connectivity index (χ0v) is 37.5. The fourth-order valence-corrected chi connectivity index (χ4v) is 13.1. The van der Waals surface area contributed by atoms with Crippen LogP contribution in [0.25, 0.3) is 73.1 Å². The molecule has 8 aromatic rings. The summed E-state index contributed by atoms with van der Waals surface area (Å²) >= 11 is 0. The highest BCUT2D eigenvalue weighted by Gasteiger charge is 2.55. The molecule has 1 aromatic heterocycles. The minimum absolute atomic E-state index is 0.137. The minimum Gasteiger partial charge on any atom is -0.208 e. The van der Waals surface area contributed by atoms with Gasteiger partial charge in [-0.1, -0.05) is 214 Å². The van der Waals surface area contributed by atoms with Crippen LogP contribution in [0.3, 0.4) is 0 Å². The molecule has 3 nitrogen and oxygen atoms in total. The average molecular weight is 852 g/mol. The topological polar surface area (TPSA) is 38.7 Å². The van der Waals surface area contributed by atoms with Crippen LogP contribution in [-0.2, 0) is 10.8 Å². The molecule has 2 unspecified atom stereocenters. The van der Waals surface area contributed by atoms with Crippen molar-refractivity contribution in [2.24, 2.45) is 5.92 Å². The van der Waals surface area contributed by atoms with Crippen LogP contribution in [0, 0.1) is 5.92 Å². The first-order valence-electron chi connectivity index (χ1n) is 24.5.